The molecule has 6 nitrogen and oxygen atoms in total. The van der Waals surface area contributed by atoms with E-state index in [0.717, 1.165) is 59.4 Å². The van der Waals surface area contributed by atoms with Crippen LogP contribution < -0.4 is 9.64 Å². The average molecular weight is 445 g/mol. The van der Waals surface area contributed by atoms with E-state index in [4.69, 9.17) is 16.3 Å². The van der Waals surface area contributed by atoms with Crippen molar-refractivity contribution in [2.45, 2.75) is 6.54 Å². The first kappa shape index (κ1) is 21.1. The highest BCUT2D eigenvalue weighted by molar-refractivity contribution is 7.22. The average Bonchev–Trinajstić information content (AvgIpc) is 3.19. The number of likely N-dealkylation sites (N-methyl/N-ethyl adjacent to an activating group) is 1. The first-order valence-electron chi connectivity index (χ1n) is 9.93. The van der Waals surface area contributed by atoms with E-state index in [1.807, 2.05) is 49.5 Å². The van der Waals surface area contributed by atoms with Crippen LogP contribution in [0.2, 0.25) is 5.02 Å². The molecule has 1 aromatic heterocycles. The van der Waals surface area contributed by atoms with Gasteiger partial charge < -0.3 is 4.74 Å². The van der Waals surface area contributed by atoms with Gasteiger partial charge in [0.05, 0.1) is 23.9 Å². The van der Waals surface area contributed by atoms with E-state index in [9.17, 15) is 4.79 Å². The number of nitrogens with zero attached hydrogens (tertiary/aromatic N) is 4. The summed E-state index contributed by atoms with van der Waals surface area (Å²) in [5, 5.41) is 1.46. The van der Waals surface area contributed by atoms with Crippen molar-refractivity contribution in [3.8, 4) is 5.75 Å². The van der Waals surface area contributed by atoms with Crippen LogP contribution in [-0.2, 0) is 11.3 Å². The number of carbonyl (C=O) groups excluding carboxylic acids is 1. The Balaban J connectivity index is 1.31. The van der Waals surface area contributed by atoms with Crippen molar-refractivity contribution in [1.29, 1.82) is 0 Å². The van der Waals surface area contributed by atoms with E-state index >= 15 is 0 Å². The fraction of sp³-hybridized carbons (Fsp3) is 0.364. The van der Waals surface area contributed by atoms with Gasteiger partial charge in [0.2, 0.25) is 5.91 Å². The molecule has 0 unspecified atom stereocenters. The van der Waals surface area contributed by atoms with Crippen LogP contribution in [0.25, 0.3) is 10.2 Å². The number of halogens is 1. The summed E-state index contributed by atoms with van der Waals surface area (Å²) in [6, 6.07) is 13.7. The number of hydrogen-bond acceptors (Lipinski definition) is 6. The molecule has 0 atom stereocenters. The molecule has 3 aromatic rings. The summed E-state index contributed by atoms with van der Waals surface area (Å²) in [4.78, 5) is 23.6. The van der Waals surface area contributed by atoms with Gasteiger partial charge in [-0.25, -0.2) is 4.98 Å². The summed E-state index contributed by atoms with van der Waals surface area (Å²) < 4.78 is 6.55. The van der Waals surface area contributed by atoms with Crippen molar-refractivity contribution in [2.75, 3.05) is 51.8 Å². The Bertz CT molecular complexity index is 1000. The Morgan fingerprint density at radius 2 is 1.90 bits per heavy atom. The van der Waals surface area contributed by atoms with E-state index < -0.39 is 0 Å². The lowest BCUT2D eigenvalue weighted by Crippen LogP contribution is -2.49. The predicted molar refractivity (Wildman–Crippen MR) is 123 cm³/mol. The number of amides is 1. The number of methoxy groups -OCH3 is 1. The standard InChI is InChI=1S/C22H25ClN4O2S/c1-25(22-24-18-5-3-4-6-20(18)30-22)21(28)15-27-11-9-26(10-12-27)14-16-13-17(23)7-8-19(16)29-2/h3-8,13H,9-12,14-15H2,1-2H3. The topological polar surface area (TPSA) is 48.9 Å². The number of piperazine rings is 1. The zero-order valence-corrected chi connectivity index (χ0v) is 18.7. The highest BCUT2D eigenvalue weighted by atomic mass is 35.5. The minimum Gasteiger partial charge on any atom is -0.496 e. The summed E-state index contributed by atoms with van der Waals surface area (Å²) in [7, 11) is 3.49. The number of carbonyl (C=O) groups is 1. The van der Waals surface area contributed by atoms with E-state index in [1.54, 1.807) is 23.3 Å². The lowest BCUT2D eigenvalue weighted by atomic mass is 10.1. The van der Waals surface area contributed by atoms with Gasteiger partial charge in [-0.1, -0.05) is 35.1 Å². The molecule has 1 aliphatic rings. The van der Waals surface area contributed by atoms with Crippen LogP contribution in [-0.4, -0.2) is 67.6 Å². The number of para-hydroxylation sites is 1. The second-order valence-corrected chi connectivity index (χ2v) is 8.87. The lowest BCUT2D eigenvalue weighted by Gasteiger charge is -2.35. The molecule has 2 aromatic carbocycles. The Hall–Kier alpha value is -2.19. The Morgan fingerprint density at radius 3 is 2.63 bits per heavy atom. The fourth-order valence-corrected chi connectivity index (χ4v) is 4.76. The zero-order valence-electron chi connectivity index (χ0n) is 17.2. The minimum absolute atomic E-state index is 0.0685. The summed E-state index contributed by atoms with van der Waals surface area (Å²) >= 11 is 7.70. The van der Waals surface area contributed by atoms with Crippen LogP contribution in [0.5, 0.6) is 5.75 Å². The first-order valence-corrected chi connectivity index (χ1v) is 11.1. The van der Waals surface area contributed by atoms with Gasteiger partial charge in [0.25, 0.3) is 0 Å². The third-order valence-electron chi connectivity index (χ3n) is 5.40. The zero-order chi connectivity index (χ0) is 21.1. The van der Waals surface area contributed by atoms with Crippen LogP contribution >= 0.6 is 22.9 Å². The second kappa shape index (κ2) is 9.31. The van der Waals surface area contributed by atoms with Crippen LogP contribution in [0.1, 0.15) is 5.56 Å². The van der Waals surface area contributed by atoms with Gasteiger partial charge in [-0.05, 0) is 30.3 Å². The number of aromatic nitrogens is 1. The van der Waals surface area contributed by atoms with Gasteiger partial charge >= 0.3 is 0 Å². The summed E-state index contributed by atoms with van der Waals surface area (Å²) in [6.45, 7) is 4.68. The number of benzene rings is 2. The number of rotatable bonds is 6. The van der Waals surface area contributed by atoms with Crippen LogP contribution in [0.3, 0.4) is 0 Å². The third kappa shape index (κ3) is 4.75. The summed E-state index contributed by atoms with van der Waals surface area (Å²) in [5.41, 5.74) is 2.02. The molecule has 30 heavy (non-hydrogen) atoms. The normalized spacial score (nSPS) is 15.4. The molecule has 1 aliphatic heterocycles. The molecular formula is C22H25ClN4O2S. The Labute approximate surface area is 185 Å². The molecule has 8 heteroatoms. The lowest BCUT2D eigenvalue weighted by molar-refractivity contribution is -0.119. The molecule has 0 spiro atoms. The Kier molecular flexibility index (Phi) is 6.53. The van der Waals surface area contributed by atoms with Crippen molar-refractivity contribution in [1.82, 2.24) is 14.8 Å². The SMILES string of the molecule is COc1ccc(Cl)cc1CN1CCN(CC(=O)N(C)c2nc3ccccc3s2)CC1. The van der Waals surface area contributed by atoms with E-state index in [0.29, 0.717) is 11.6 Å². The van der Waals surface area contributed by atoms with Gasteiger partial charge in [-0.2, -0.15) is 0 Å². The van der Waals surface area contributed by atoms with Gasteiger partial charge in [0.1, 0.15) is 5.75 Å². The Morgan fingerprint density at radius 1 is 1.17 bits per heavy atom. The summed E-state index contributed by atoms with van der Waals surface area (Å²) in [5.74, 6) is 0.925. The van der Waals surface area contributed by atoms with E-state index in [-0.39, 0.29) is 5.91 Å². The van der Waals surface area contributed by atoms with Crippen molar-refractivity contribution in [3.63, 3.8) is 0 Å². The molecule has 0 aliphatic carbocycles. The van der Waals surface area contributed by atoms with Crippen LogP contribution in [0.15, 0.2) is 42.5 Å². The van der Waals surface area contributed by atoms with Gasteiger partial charge in [-0.3, -0.25) is 19.5 Å². The predicted octanol–water partition coefficient (Wildman–Crippen LogP) is 3.74. The molecular weight excluding hydrogens is 420 g/mol. The monoisotopic (exact) mass is 444 g/mol. The molecule has 1 amide bonds. The van der Waals surface area contributed by atoms with Crippen molar-refractivity contribution < 1.29 is 9.53 Å². The molecule has 0 saturated carbocycles. The van der Waals surface area contributed by atoms with Crippen molar-refractivity contribution >= 4 is 44.2 Å². The minimum atomic E-state index is 0.0685. The molecule has 1 saturated heterocycles. The van der Waals surface area contributed by atoms with E-state index in [1.165, 1.54) is 0 Å². The third-order valence-corrected chi connectivity index (χ3v) is 6.75. The smallest absolute Gasteiger partial charge is 0.242 e. The second-order valence-electron chi connectivity index (χ2n) is 7.43. The molecule has 1 fully saturated rings. The van der Waals surface area contributed by atoms with Crippen molar-refractivity contribution in [2.24, 2.45) is 0 Å². The molecule has 158 valence electrons. The maximum absolute atomic E-state index is 12.8. The maximum Gasteiger partial charge on any atom is 0.242 e. The first-order chi connectivity index (χ1) is 14.5. The van der Waals surface area contributed by atoms with E-state index in [2.05, 4.69) is 14.8 Å². The molecule has 0 N–H and O–H groups in total. The number of fused-ring (bicyclic) bond motifs is 1. The highest BCUT2D eigenvalue weighted by Gasteiger charge is 2.23. The molecule has 0 bridgehead atoms. The van der Waals surface area contributed by atoms with Crippen LogP contribution in [0, 0.1) is 0 Å². The highest BCUT2D eigenvalue weighted by Crippen LogP contribution is 2.28. The fourth-order valence-electron chi connectivity index (χ4n) is 3.62. The number of anilines is 1. The van der Waals surface area contributed by atoms with Crippen LogP contribution in [0.4, 0.5) is 5.13 Å². The quantitative estimate of drug-likeness (QED) is 0.579. The molecule has 4 rings (SSSR count). The summed E-state index contributed by atoms with van der Waals surface area (Å²) in [6.07, 6.45) is 0. The van der Waals surface area contributed by atoms with Gasteiger partial charge in [0, 0.05) is 50.4 Å². The largest absolute Gasteiger partial charge is 0.496 e. The van der Waals surface area contributed by atoms with Gasteiger partial charge in [0.15, 0.2) is 5.13 Å². The number of ether oxygens (including phenoxy) is 1. The molecule has 0 radical (unpaired) electrons. The number of hydrogen-bond donors (Lipinski definition) is 0. The molecule has 2 heterocycles. The number of thiazole rings is 1. The maximum atomic E-state index is 12.8. The van der Waals surface area contributed by atoms with Gasteiger partial charge in [-0.15, -0.1) is 0 Å². The van der Waals surface area contributed by atoms with Crippen molar-refractivity contribution in [3.05, 3.63) is 53.1 Å².